The molecule has 0 aromatic carbocycles. The molecule has 1 atom stereocenters. The van der Waals surface area contributed by atoms with E-state index in [0.717, 1.165) is 31.7 Å². The molecule has 3 nitrogen and oxygen atoms in total. The van der Waals surface area contributed by atoms with Crippen LogP contribution in [-0.2, 0) is 4.79 Å². The lowest BCUT2D eigenvalue weighted by atomic mass is 9.93. The molecule has 3 heteroatoms. The Labute approximate surface area is 111 Å². The van der Waals surface area contributed by atoms with Gasteiger partial charge in [-0.1, -0.05) is 32.1 Å². The summed E-state index contributed by atoms with van der Waals surface area (Å²) in [6, 6.07) is 0.627. The van der Waals surface area contributed by atoms with Crippen LogP contribution in [0.1, 0.15) is 71.1 Å². The number of carboxylic acid groups (broad SMARTS) is 1. The molecule has 0 amide bonds. The molecule has 0 unspecified atom stereocenters. The standard InChI is InChI=1S/C15H29NO2/c1-13(14-9-5-2-3-6-10-14)16-12-8-4-7-11-15(17)18/h13-14,16H,2-12H2,1H3,(H,17,18)/t13-/m1/s1. The van der Waals surface area contributed by atoms with Crippen LogP contribution < -0.4 is 5.32 Å². The number of hydrogen-bond donors (Lipinski definition) is 2. The maximum atomic E-state index is 10.4. The number of hydrogen-bond acceptors (Lipinski definition) is 2. The number of carbonyl (C=O) groups is 1. The summed E-state index contributed by atoms with van der Waals surface area (Å²) >= 11 is 0. The minimum atomic E-state index is -0.671. The average molecular weight is 255 g/mol. The van der Waals surface area contributed by atoms with Crippen molar-refractivity contribution in [3.63, 3.8) is 0 Å². The largest absolute Gasteiger partial charge is 0.481 e. The van der Waals surface area contributed by atoms with Crippen LogP contribution in [0.5, 0.6) is 0 Å². The summed E-state index contributed by atoms with van der Waals surface area (Å²) in [4.78, 5) is 10.4. The third-order valence-electron chi connectivity index (χ3n) is 4.14. The Morgan fingerprint density at radius 2 is 1.83 bits per heavy atom. The smallest absolute Gasteiger partial charge is 0.303 e. The lowest BCUT2D eigenvalue weighted by molar-refractivity contribution is -0.137. The number of unbranched alkanes of at least 4 members (excludes halogenated alkanes) is 2. The molecule has 0 spiro atoms. The fraction of sp³-hybridized carbons (Fsp3) is 0.933. The number of carboxylic acids is 1. The highest BCUT2D eigenvalue weighted by Gasteiger charge is 2.18. The summed E-state index contributed by atoms with van der Waals surface area (Å²) < 4.78 is 0. The van der Waals surface area contributed by atoms with Gasteiger partial charge in [0.1, 0.15) is 0 Å². The van der Waals surface area contributed by atoms with Crippen LogP contribution in [0.3, 0.4) is 0 Å². The lowest BCUT2D eigenvalue weighted by Crippen LogP contribution is -2.34. The zero-order chi connectivity index (χ0) is 13.2. The van der Waals surface area contributed by atoms with Crippen molar-refractivity contribution >= 4 is 5.97 Å². The van der Waals surface area contributed by atoms with Gasteiger partial charge in [0.15, 0.2) is 0 Å². The quantitative estimate of drug-likeness (QED) is 0.515. The molecule has 0 saturated heterocycles. The van der Waals surface area contributed by atoms with Crippen molar-refractivity contribution in [2.24, 2.45) is 5.92 Å². The van der Waals surface area contributed by atoms with Crippen molar-refractivity contribution < 1.29 is 9.90 Å². The molecular weight excluding hydrogens is 226 g/mol. The number of rotatable bonds is 8. The van der Waals surface area contributed by atoms with Gasteiger partial charge >= 0.3 is 5.97 Å². The molecule has 0 aromatic heterocycles. The SMILES string of the molecule is C[C@@H](NCCCCCC(=O)O)C1CCCCCC1. The van der Waals surface area contributed by atoms with Gasteiger partial charge in [-0.2, -0.15) is 0 Å². The van der Waals surface area contributed by atoms with Gasteiger partial charge in [0.05, 0.1) is 0 Å². The first-order valence-electron chi connectivity index (χ1n) is 7.65. The molecule has 0 bridgehead atoms. The van der Waals surface area contributed by atoms with E-state index in [2.05, 4.69) is 12.2 Å². The van der Waals surface area contributed by atoms with E-state index in [1.807, 2.05) is 0 Å². The fourth-order valence-electron chi connectivity index (χ4n) is 2.89. The van der Waals surface area contributed by atoms with Crippen molar-refractivity contribution in [3.05, 3.63) is 0 Å². The summed E-state index contributed by atoms with van der Waals surface area (Å²) in [6.45, 7) is 3.35. The third kappa shape index (κ3) is 7.00. The van der Waals surface area contributed by atoms with Crippen LogP contribution >= 0.6 is 0 Å². The third-order valence-corrected chi connectivity index (χ3v) is 4.14. The first-order chi connectivity index (χ1) is 8.70. The average Bonchev–Trinajstić information content (AvgIpc) is 2.61. The second-order valence-corrected chi connectivity index (χ2v) is 5.70. The Bertz CT molecular complexity index is 223. The summed E-state index contributed by atoms with van der Waals surface area (Å²) in [7, 11) is 0. The Hall–Kier alpha value is -0.570. The molecule has 0 aromatic rings. The van der Waals surface area contributed by atoms with E-state index in [9.17, 15) is 4.79 Å². The number of nitrogens with one attached hydrogen (secondary N) is 1. The fourth-order valence-corrected chi connectivity index (χ4v) is 2.89. The van der Waals surface area contributed by atoms with E-state index in [4.69, 9.17) is 5.11 Å². The van der Waals surface area contributed by atoms with E-state index < -0.39 is 5.97 Å². The van der Waals surface area contributed by atoms with Gasteiger partial charge in [-0.15, -0.1) is 0 Å². The van der Waals surface area contributed by atoms with E-state index in [-0.39, 0.29) is 0 Å². The van der Waals surface area contributed by atoms with Crippen molar-refractivity contribution in [2.45, 2.75) is 77.2 Å². The zero-order valence-electron chi connectivity index (χ0n) is 11.8. The second kappa shape index (κ2) is 9.37. The highest BCUT2D eigenvalue weighted by molar-refractivity contribution is 5.66. The Morgan fingerprint density at radius 3 is 2.44 bits per heavy atom. The predicted octanol–water partition coefficient (Wildman–Crippen LogP) is 3.58. The van der Waals surface area contributed by atoms with Crippen LogP contribution in [0.2, 0.25) is 0 Å². The lowest BCUT2D eigenvalue weighted by Gasteiger charge is -2.23. The monoisotopic (exact) mass is 255 g/mol. The molecule has 0 radical (unpaired) electrons. The van der Waals surface area contributed by atoms with E-state index in [0.29, 0.717) is 12.5 Å². The van der Waals surface area contributed by atoms with Gasteiger partial charge in [0.25, 0.3) is 0 Å². The van der Waals surface area contributed by atoms with E-state index in [1.54, 1.807) is 0 Å². The molecule has 0 heterocycles. The predicted molar refractivity (Wildman–Crippen MR) is 74.8 cm³/mol. The topological polar surface area (TPSA) is 49.3 Å². The molecule has 106 valence electrons. The Morgan fingerprint density at radius 1 is 1.17 bits per heavy atom. The van der Waals surface area contributed by atoms with Gasteiger partial charge in [-0.05, 0) is 45.1 Å². The normalized spacial score (nSPS) is 19.4. The van der Waals surface area contributed by atoms with Crippen molar-refractivity contribution in [3.8, 4) is 0 Å². The summed E-state index contributed by atoms with van der Waals surface area (Å²) in [5.74, 6) is 0.182. The summed E-state index contributed by atoms with van der Waals surface area (Å²) in [5.41, 5.74) is 0. The van der Waals surface area contributed by atoms with Crippen LogP contribution in [0.4, 0.5) is 0 Å². The first kappa shape index (κ1) is 15.5. The maximum absolute atomic E-state index is 10.4. The molecule has 1 rings (SSSR count). The minimum Gasteiger partial charge on any atom is -0.481 e. The Kier molecular flexibility index (Phi) is 8.06. The molecule has 1 saturated carbocycles. The van der Waals surface area contributed by atoms with Crippen LogP contribution in [0, 0.1) is 5.92 Å². The van der Waals surface area contributed by atoms with Gasteiger partial charge in [0.2, 0.25) is 0 Å². The summed E-state index contributed by atoms with van der Waals surface area (Å²) in [6.07, 6.45) is 11.6. The highest BCUT2D eigenvalue weighted by Crippen LogP contribution is 2.25. The first-order valence-corrected chi connectivity index (χ1v) is 7.65. The van der Waals surface area contributed by atoms with Crippen LogP contribution in [0.25, 0.3) is 0 Å². The van der Waals surface area contributed by atoms with Crippen LogP contribution in [0.15, 0.2) is 0 Å². The molecule has 2 N–H and O–H groups in total. The Balaban J connectivity index is 2.01. The minimum absolute atomic E-state index is 0.318. The molecular formula is C15H29NO2. The van der Waals surface area contributed by atoms with Crippen molar-refractivity contribution in [1.82, 2.24) is 5.32 Å². The molecule has 1 aliphatic carbocycles. The van der Waals surface area contributed by atoms with Gasteiger partial charge in [-0.3, -0.25) is 4.79 Å². The van der Waals surface area contributed by atoms with E-state index in [1.165, 1.54) is 38.5 Å². The van der Waals surface area contributed by atoms with Crippen molar-refractivity contribution in [2.75, 3.05) is 6.54 Å². The van der Waals surface area contributed by atoms with Crippen molar-refractivity contribution in [1.29, 1.82) is 0 Å². The van der Waals surface area contributed by atoms with Crippen LogP contribution in [-0.4, -0.2) is 23.7 Å². The van der Waals surface area contributed by atoms with Gasteiger partial charge in [0, 0.05) is 12.5 Å². The van der Waals surface area contributed by atoms with E-state index >= 15 is 0 Å². The maximum Gasteiger partial charge on any atom is 0.303 e. The summed E-state index contributed by atoms with van der Waals surface area (Å²) in [5, 5.41) is 12.2. The zero-order valence-corrected chi connectivity index (χ0v) is 11.8. The molecule has 18 heavy (non-hydrogen) atoms. The molecule has 0 aliphatic heterocycles. The molecule has 1 fully saturated rings. The number of aliphatic carboxylic acids is 1. The second-order valence-electron chi connectivity index (χ2n) is 5.70. The van der Waals surface area contributed by atoms with Gasteiger partial charge in [-0.25, -0.2) is 0 Å². The highest BCUT2D eigenvalue weighted by atomic mass is 16.4. The molecule has 1 aliphatic rings. The van der Waals surface area contributed by atoms with Gasteiger partial charge < -0.3 is 10.4 Å².